The van der Waals surface area contributed by atoms with Crippen molar-refractivity contribution in [1.82, 2.24) is 4.90 Å². The zero-order valence-corrected chi connectivity index (χ0v) is 15.3. The van der Waals surface area contributed by atoms with Crippen molar-refractivity contribution in [1.29, 1.82) is 0 Å². The summed E-state index contributed by atoms with van der Waals surface area (Å²) in [5.74, 6) is 0.685. The largest absolute Gasteiger partial charge is 0.334 e. The molecule has 4 heteroatoms. The van der Waals surface area contributed by atoms with Crippen molar-refractivity contribution in [2.75, 3.05) is 6.54 Å². The van der Waals surface area contributed by atoms with E-state index in [1.54, 1.807) is 0 Å². The van der Waals surface area contributed by atoms with Gasteiger partial charge in [0.05, 0.1) is 0 Å². The molecule has 3 rings (SSSR count). The van der Waals surface area contributed by atoms with Crippen molar-refractivity contribution in [2.24, 2.45) is 17.6 Å². The topological polar surface area (TPSA) is 46.3 Å². The highest BCUT2D eigenvalue weighted by molar-refractivity contribution is 5.85. The van der Waals surface area contributed by atoms with Crippen LogP contribution in [0.5, 0.6) is 0 Å². The lowest BCUT2D eigenvalue weighted by molar-refractivity contribution is -0.138. The lowest BCUT2D eigenvalue weighted by Gasteiger charge is -2.28. The third-order valence-electron chi connectivity index (χ3n) is 5.02. The van der Waals surface area contributed by atoms with E-state index in [9.17, 15) is 4.79 Å². The fourth-order valence-electron chi connectivity index (χ4n) is 3.70. The molecule has 0 heterocycles. The SMILES string of the molecule is Cl.NC[C@H]1CCC[C@H]1C(=O)N(Cc1ccccc1)Cc1ccccc1. The van der Waals surface area contributed by atoms with E-state index >= 15 is 0 Å². The number of rotatable bonds is 6. The van der Waals surface area contributed by atoms with Gasteiger partial charge in [0.25, 0.3) is 0 Å². The van der Waals surface area contributed by atoms with Crippen LogP contribution in [0, 0.1) is 11.8 Å². The van der Waals surface area contributed by atoms with Crippen molar-refractivity contribution >= 4 is 18.3 Å². The first-order chi connectivity index (χ1) is 11.8. The Kier molecular flexibility index (Phi) is 7.48. The molecule has 2 aromatic rings. The van der Waals surface area contributed by atoms with Crippen LogP contribution in [0.1, 0.15) is 30.4 Å². The smallest absolute Gasteiger partial charge is 0.226 e. The average molecular weight is 359 g/mol. The number of benzene rings is 2. The van der Waals surface area contributed by atoms with Crippen molar-refractivity contribution in [2.45, 2.75) is 32.4 Å². The van der Waals surface area contributed by atoms with Gasteiger partial charge in [-0.15, -0.1) is 12.4 Å². The minimum Gasteiger partial charge on any atom is -0.334 e. The van der Waals surface area contributed by atoms with Crippen LogP contribution in [-0.2, 0) is 17.9 Å². The predicted molar refractivity (Wildman–Crippen MR) is 104 cm³/mol. The molecule has 0 spiro atoms. The molecule has 1 aliphatic carbocycles. The lowest BCUT2D eigenvalue weighted by Crippen LogP contribution is -2.38. The summed E-state index contributed by atoms with van der Waals surface area (Å²) in [5.41, 5.74) is 8.24. The van der Waals surface area contributed by atoms with Crippen molar-refractivity contribution in [3.05, 3.63) is 71.8 Å². The Morgan fingerprint density at radius 3 is 1.92 bits per heavy atom. The van der Waals surface area contributed by atoms with E-state index in [-0.39, 0.29) is 24.2 Å². The standard InChI is InChI=1S/C21H26N2O.ClH/c22-14-19-12-7-13-20(19)21(24)23(15-17-8-3-1-4-9-17)16-18-10-5-2-6-11-18;/h1-6,8-11,19-20H,7,12-16,22H2;1H/t19-,20-;/m1./s1. The van der Waals surface area contributed by atoms with Crippen LogP contribution in [0.15, 0.2) is 60.7 Å². The van der Waals surface area contributed by atoms with Gasteiger partial charge in [-0.2, -0.15) is 0 Å². The quantitative estimate of drug-likeness (QED) is 0.847. The molecule has 1 saturated carbocycles. The van der Waals surface area contributed by atoms with Crippen LogP contribution in [0.2, 0.25) is 0 Å². The maximum absolute atomic E-state index is 13.2. The second-order valence-electron chi connectivity index (χ2n) is 6.70. The second kappa shape index (κ2) is 9.59. The molecule has 2 atom stereocenters. The molecule has 1 aliphatic rings. The van der Waals surface area contributed by atoms with E-state index in [4.69, 9.17) is 5.73 Å². The van der Waals surface area contributed by atoms with Crippen molar-refractivity contribution < 1.29 is 4.79 Å². The molecule has 0 unspecified atom stereocenters. The highest BCUT2D eigenvalue weighted by Gasteiger charge is 2.34. The Morgan fingerprint density at radius 1 is 0.920 bits per heavy atom. The number of nitrogens with zero attached hydrogens (tertiary/aromatic N) is 1. The Bertz CT molecular complexity index is 606. The van der Waals surface area contributed by atoms with Gasteiger partial charge < -0.3 is 10.6 Å². The fourth-order valence-corrected chi connectivity index (χ4v) is 3.70. The monoisotopic (exact) mass is 358 g/mol. The number of amides is 1. The maximum atomic E-state index is 13.2. The third-order valence-corrected chi connectivity index (χ3v) is 5.02. The summed E-state index contributed by atoms with van der Waals surface area (Å²) in [4.78, 5) is 15.2. The second-order valence-corrected chi connectivity index (χ2v) is 6.70. The molecule has 2 aromatic carbocycles. The van der Waals surface area contributed by atoms with Gasteiger partial charge in [-0.25, -0.2) is 0 Å². The van der Waals surface area contributed by atoms with Crippen LogP contribution < -0.4 is 5.73 Å². The van der Waals surface area contributed by atoms with E-state index in [1.165, 1.54) is 11.1 Å². The van der Waals surface area contributed by atoms with Crippen LogP contribution in [0.4, 0.5) is 0 Å². The van der Waals surface area contributed by atoms with E-state index in [2.05, 4.69) is 24.3 Å². The van der Waals surface area contributed by atoms with E-state index in [0.29, 0.717) is 25.6 Å². The molecule has 0 aromatic heterocycles. The molecule has 25 heavy (non-hydrogen) atoms. The van der Waals surface area contributed by atoms with Crippen LogP contribution in [-0.4, -0.2) is 17.4 Å². The van der Waals surface area contributed by atoms with E-state index in [0.717, 1.165) is 19.3 Å². The molecule has 1 amide bonds. The molecule has 0 radical (unpaired) electrons. The summed E-state index contributed by atoms with van der Waals surface area (Å²) in [6.45, 7) is 1.92. The van der Waals surface area contributed by atoms with Gasteiger partial charge in [0, 0.05) is 19.0 Å². The van der Waals surface area contributed by atoms with Gasteiger partial charge in [-0.05, 0) is 36.4 Å². The normalized spacial score (nSPS) is 19.2. The molecular weight excluding hydrogens is 332 g/mol. The van der Waals surface area contributed by atoms with Crippen molar-refractivity contribution in [3.8, 4) is 0 Å². The number of carbonyl (C=O) groups excluding carboxylic acids is 1. The van der Waals surface area contributed by atoms with Gasteiger partial charge in [0.15, 0.2) is 0 Å². The molecule has 3 nitrogen and oxygen atoms in total. The van der Waals surface area contributed by atoms with Crippen LogP contribution >= 0.6 is 12.4 Å². The Hall–Kier alpha value is -1.84. The number of hydrogen-bond acceptors (Lipinski definition) is 2. The molecule has 0 aliphatic heterocycles. The van der Waals surface area contributed by atoms with Crippen LogP contribution in [0.25, 0.3) is 0 Å². The van der Waals surface area contributed by atoms with Gasteiger partial charge in [-0.3, -0.25) is 4.79 Å². The average Bonchev–Trinajstić information content (AvgIpc) is 3.11. The lowest BCUT2D eigenvalue weighted by atomic mass is 9.94. The molecular formula is C21H27ClN2O. The Morgan fingerprint density at radius 2 is 1.44 bits per heavy atom. The molecule has 0 saturated heterocycles. The minimum absolute atomic E-state index is 0. The summed E-state index contributed by atoms with van der Waals surface area (Å²) in [6, 6.07) is 20.5. The van der Waals surface area contributed by atoms with E-state index in [1.807, 2.05) is 41.3 Å². The van der Waals surface area contributed by atoms with Gasteiger partial charge in [0.2, 0.25) is 5.91 Å². The van der Waals surface area contributed by atoms with Crippen molar-refractivity contribution in [3.63, 3.8) is 0 Å². The summed E-state index contributed by atoms with van der Waals surface area (Å²) in [7, 11) is 0. The highest BCUT2D eigenvalue weighted by Crippen LogP contribution is 2.33. The molecule has 0 bridgehead atoms. The van der Waals surface area contributed by atoms with Gasteiger partial charge in [0.1, 0.15) is 0 Å². The highest BCUT2D eigenvalue weighted by atomic mass is 35.5. The number of halogens is 1. The summed E-state index contributed by atoms with van der Waals surface area (Å²) < 4.78 is 0. The zero-order chi connectivity index (χ0) is 16.8. The summed E-state index contributed by atoms with van der Waals surface area (Å²) >= 11 is 0. The number of carbonyl (C=O) groups is 1. The maximum Gasteiger partial charge on any atom is 0.226 e. The summed E-state index contributed by atoms with van der Waals surface area (Å²) in [5, 5.41) is 0. The zero-order valence-electron chi connectivity index (χ0n) is 14.5. The Balaban J connectivity index is 0.00000225. The fraction of sp³-hybridized carbons (Fsp3) is 0.381. The molecule has 134 valence electrons. The van der Waals surface area contributed by atoms with Gasteiger partial charge >= 0.3 is 0 Å². The first kappa shape index (κ1) is 19.5. The van der Waals surface area contributed by atoms with E-state index < -0.39 is 0 Å². The third kappa shape index (κ3) is 5.07. The molecule has 2 N–H and O–H groups in total. The minimum atomic E-state index is 0. The number of nitrogens with two attached hydrogens (primary N) is 1. The van der Waals surface area contributed by atoms with Gasteiger partial charge in [-0.1, -0.05) is 67.1 Å². The molecule has 1 fully saturated rings. The predicted octanol–water partition coefficient (Wildman–Crippen LogP) is 4.01. The van der Waals surface area contributed by atoms with Crippen LogP contribution in [0.3, 0.4) is 0 Å². The summed E-state index contributed by atoms with van der Waals surface area (Å²) in [6.07, 6.45) is 3.17. The first-order valence-corrected chi connectivity index (χ1v) is 8.84. The Labute approximate surface area is 156 Å². The first-order valence-electron chi connectivity index (χ1n) is 8.84. The number of hydrogen-bond donors (Lipinski definition) is 1.